The number of nitrogens with zero attached hydrogens (tertiary/aromatic N) is 3. The molecule has 45 heavy (non-hydrogen) atoms. The minimum Gasteiger partial charge on any atom is -0.506 e. The molecule has 0 aliphatic carbocycles. The lowest BCUT2D eigenvalue weighted by molar-refractivity contribution is 0.102. The molecule has 0 bridgehead atoms. The molecule has 0 atom stereocenters. The van der Waals surface area contributed by atoms with Crippen molar-refractivity contribution in [3.8, 4) is 16.9 Å². The number of hydrogen-bond acceptors (Lipinski definition) is 8. The molecule has 2 heterocycles. The first kappa shape index (κ1) is 35.2. The zero-order valence-electron chi connectivity index (χ0n) is 24.9. The Kier molecular flexibility index (Phi) is 13.5. The summed E-state index contributed by atoms with van der Waals surface area (Å²) in [5, 5.41) is 16.1. The fourth-order valence-corrected chi connectivity index (χ4v) is 4.55. The van der Waals surface area contributed by atoms with Crippen molar-refractivity contribution in [3.63, 3.8) is 0 Å². The van der Waals surface area contributed by atoms with E-state index < -0.39 is 11.8 Å². The van der Waals surface area contributed by atoms with Gasteiger partial charge in [0.2, 0.25) is 0 Å². The number of aromatic hydroxyl groups is 1. The maximum atomic E-state index is 13.3. The highest BCUT2D eigenvalue weighted by atomic mass is 35.5. The number of hydrogen-bond donors (Lipinski definition) is 3. The van der Waals surface area contributed by atoms with Gasteiger partial charge < -0.3 is 29.8 Å². The van der Waals surface area contributed by atoms with Gasteiger partial charge in [-0.3, -0.25) is 19.3 Å². The largest absolute Gasteiger partial charge is 0.506 e. The summed E-state index contributed by atoms with van der Waals surface area (Å²) in [6, 6.07) is 17.5. The van der Waals surface area contributed by atoms with E-state index >= 15 is 0 Å². The van der Waals surface area contributed by atoms with Crippen LogP contribution in [0.1, 0.15) is 20.7 Å². The van der Waals surface area contributed by atoms with Crippen LogP contribution in [0.15, 0.2) is 83.9 Å². The number of anilines is 2. The Morgan fingerprint density at radius 1 is 0.911 bits per heavy atom. The Morgan fingerprint density at radius 2 is 1.62 bits per heavy atom. The van der Waals surface area contributed by atoms with Crippen LogP contribution in [-0.4, -0.2) is 78.4 Å². The van der Waals surface area contributed by atoms with E-state index in [1.54, 1.807) is 61.4 Å². The van der Waals surface area contributed by atoms with Crippen LogP contribution in [0.25, 0.3) is 11.1 Å². The lowest BCUT2D eigenvalue weighted by atomic mass is 10.0. The molecular formula is C32H35Cl2N5O6. The third-order valence-electron chi connectivity index (χ3n) is 6.85. The van der Waals surface area contributed by atoms with E-state index in [2.05, 4.69) is 20.5 Å². The molecule has 0 unspecified atom stereocenters. The molecular weight excluding hydrogens is 621 g/mol. The molecule has 0 aliphatic rings. The van der Waals surface area contributed by atoms with Crippen LogP contribution in [0.2, 0.25) is 5.02 Å². The molecule has 0 saturated carbocycles. The van der Waals surface area contributed by atoms with Crippen LogP contribution in [-0.2, 0) is 16.0 Å². The van der Waals surface area contributed by atoms with Crippen molar-refractivity contribution in [2.45, 2.75) is 6.54 Å². The van der Waals surface area contributed by atoms with Crippen molar-refractivity contribution >= 4 is 47.3 Å². The molecule has 2 aromatic heterocycles. The quantitative estimate of drug-likeness (QED) is 0.165. The second-order valence-electron chi connectivity index (χ2n) is 9.79. The number of carbonyl (C=O) groups is 2. The van der Waals surface area contributed by atoms with Crippen LogP contribution >= 0.6 is 24.0 Å². The smallest absolute Gasteiger partial charge is 0.259 e. The Labute approximate surface area is 272 Å². The first-order valence-electron chi connectivity index (χ1n) is 13.9. The summed E-state index contributed by atoms with van der Waals surface area (Å²) in [6.45, 7) is 3.76. The first-order valence-corrected chi connectivity index (χ1v) is 14.2. The van der Waals surface area contributed by atoms with E-state index in [9.17, 15) is 19.5 Å². The van der Waals surface area contributed by atoms with Crippen molar-refractivity contribution in [1.29, 1.82) is 0 Å². The van der Waals surface area contributed by atoms with E-state index in [1.165, 1.54) is 30.5 Å². The molecule has 3 N–H and O–H groups in total. The Morgan fingerprint density at radius 3 is 2.27 bits per heavy atom. The van der Waals surface area contributed by atoms with Crippen molar-refractivity contribution in [3.05, 3.63) is 106 Å². The zero-order valence-corrected chi connectivity index (χ0v) is 26.4. The number of methoxy groups -OCH3 is 2. The molecule has 238 valence electrons. The molecule has 0 aliphatic heterocycles. The molecule has 2 aromatic carbocycles. The first-order chi connectivity index (χ1) is 21.3. The van der Waals surface area contributed by atoms with E-state index in [1.807, 2.05) is 6.07 Å². The number of phenols is 1. The standard InChI is InChI=1S/C32H34ClN5O6.ClH/c1-43-19-17-37(18-20-44-2)15-16-38-14-4-6-25(32(38)42)22-8-10-23(11-9-22)30(40)36-29-26(5-3-7-27(29)39)31(41)35-28-13-12-24(33)21-34-28;/h3-14,21,39H,15-20H2,1-2H3,(H,36,40)(H,34,35,41);1H. The maximum Gasteiger partial charge on any atom is 0.259 e. The van der Waals surface area contributed by atoms with Gasteiger partial charge in [0, 0.05) is 63.9 Å². The number of para-hydroxylation sites is 1. The van der Waals surface area contributed by atoms with Crippen LogP contribution in [0.4, 0.5) is 11.5 Å². The van der Waals surface area contributed by atoms with Crippen LogP contribution in [0.3, 0.4) is 0 Å². The number of nitrogens with one attached hydrogen (secondary N) is 2. The molecule has 13 heteroatoms. The van der Waals surface area contributed by atoms with Gasteiger partial charge in [0.25, 0.3) is 17.4 Å². The number of phenolic OH excluding ortho intramolecular Hbond substituents is 1. The minimum atomic E-state index is -0.581. The zero-order chi connectivity index (χ0) is 31.5. The predicted molar refractivity (Wildman–Crippen MR) is 177 cm³/mol. The predicted octanol–water partition coefficient (Wildman–Crippen LogP) is 4.79. The maximum absolute atomic E-state index is 13.3. The van der Waals surface area contributed by atoms with Gasteiger partial charge in [0.1, 0.15) is 11.6 Å². The number of ether oxygens (including phenoxy) is 2. The van der Waals surface area contributed by atoms with Gasteiger partial charge in [-0.15, -0.1) is 12.4 Å². The molecule has 11 nitrogen and oxygen atoms in total. The number of carbonyl (C=O) groups excluding carboxylic acids is 2. The fraction of sp³-hybridized carbons (Fsp3) is 0.250. The SMILES string of the molecule is COCCN(CCOC)CCn1cccc(-c2ccc(C(=O)Nc3c(O)cccc3C(=O)Nc3ccc(Cl)cn3)cc2)c1=O.Cl. The van der Waals surface area contributed by atoms with Gasteiger partial charge in [-0.25, -0.2) is 4.98 Å². The number of rotatable bonds is 14. The second kappa shape index (κ2) is 17.3. The Balaban J connectivity index is 0.00000552. The van der Waals surface area contributed by atoms with Gasteiger partial charge in [0.05, 0.1) is 29.5 Å². The molecule has 4 rings (SSSR count). The second-order valence-corrected chi connectivity index (χ2v) is 10.2. The summed E-state index contributed by atoms with van der Waals surface area (Å²) in [6.07, 6.45) is 3.14. The van der Waals surface area contributed by atoms with E-state index in [4.69, 9.17) is 21.1 Å². The third-order valence-corrected chi connectivity index (χ3v) is 7.08. The molecule has 4 aromatic rings. The summed E-state index contributed by atoms with van der Waals surface area (Å²) in [5.41, 5.74) is 1.25. The Bertz CT molecular complexity index is 1620. The van der Waals surface area contributed by atoms with Gasteiger partial charge in [-0.05, 0) is 54.1 Å². The third kappa shape index (κ3) is 9.61. The molecule has 0 saturated heterocycles. The van der Waals surface area contributed by atoms with Crippen molar-refractivity contribution in [2.75, 3.05) is 57.7 Å². The van der Waals surface area contributed by atoms with Gasteiger partial charge in [0.15, 0.2) is 0 Å². The molecule has 0 spiro atoms. The normalized spacial score (nSPS) is 10.8. The van der Waals surface area contributed by atoms with E-state index in [-0.39, 0.29) is 46.3 Å². The number of benzene rings is 2. The van der Waals surface area contributed by atoms with Crippen LogP contribution in [0, 0.1) is 0 Å². The average Bonchev–Trinajstić information content (AvgIpc) is 3.03. The molecule has 0 radical (unpaired) electrons. The summed E-state index contributed by atoms with van der Waals surface area (Å²) in [7, 11) is 3.31. The highest BCUT2D eigenvalue weighted by Crippen LogP contribution is 2.29. The summed E-state index contributed by atoms with van der Waals surface area (Å²) in [5.74, 6) is -1.15. The molecule has 2 amide bonds. The van der Waals surface area contributed by atoms with Crippen LogP contribution < -0.4 is 16.2 Å². The average molecular weight is 657 g/mol. The monoisotopic (exact) mass is 655 g/mol. The summed E-state index contributed by atoms with van der Waals surface area (Å²) in [4.78, 5) is 45.6. The van der Waals surface area contributed by atoms with E-state index in [0.29, 0.717) is 42.5 Å². The topological polar surface area (TPSA) is 135 Å². The minimum absolute atomic E-state index is 0. The number of halogens is 2. The summed E-state index contributed by atoms with van der Waals surface area (Å²) >= 11 is 5.86. The number of pyridine rings is 2. The lowest BCUT2D eigenvalue weighted by Crippen LogP contribution is -2.35. The number of amides is 2. The van der Waals surface area contributed by atoms with Gasteiger partial charge >= 0.3 is 0 Å². The highest BCUT2D eigenvalue weighted by molar-refractivity contribution is 6.30. The fourth-order valence-electron chi connectivity index (χ4n) is 4.44. The number of aromatic nitrogens is 2. The van der Waals surface area contributed by atoms with Crippen molar-refractivity contribution in [1.82, 2.24) is 14.5 Å². The summed E-state index contributed by atoms with van der Waals surface area (Å²) < 4.78 is 12.1. The molecule has 0 fully saturated rings. The van der Waals surface area contributed by atoms with Crippen molar-refractivity contribution in [2.24, 2.45) is 0 Å². The van der Waals surface area contributed by atoms with E-state index in [0.717, 1.165) is 13.1 Å². The van der Waals surface area contributed by atoms with Gasteiger partial charge in [-0.2, -0.15) is 0 Å². The van der Waals surface area contributed by atoms with Gasteiger partial charge in [-0.1, -0.05) is 29.8 Å². The van der Waals surface area contributed by atoms with Crippen LogP contribution in [0.5, 0.6) is 5.75 Å². The lowest BCUT2D eigenvalue weighted by Gasteiger charge is -2.22. The highest BCUT2D eigenvalue weighted by Gasteiger charge is 2.19. The Hall–Kier alpha value is -4.26. The van der Waals surface area contributed by atoms with Crippen molar-refractivity contribution < 1.29 is 24.2 Å².